The topological polar surface area (TPSA) is 108 Å². The molecule has 0 amide bonds. The van der Waals surface area contributed by atoms with Gasteiger partial charge in [0.1, 0.15) is 11.6 Å². The molecule has 0 N–H and O–H groups in total. The Labute approximate surface area is 363 Å². The number of hydrogen-bond donors (Lipinski definition) is 0. The van der Waals surface area contributed by atoms with Crippen molar-refractivity contribution in [1.29, 1.82) is 0 Å². The van der Waals surface area contributed by atoms with Gasteiger partial charge in [-0.3, -0.25) is 0 Å². The standard InChI is InChI=1S/C54H37N9/c1-34-55-35(2)57-52(56-34)40-27-29-48-43(31-40)42-25-15-16-26-47(42)63(48)49-30-28-41(53-61-50(38-21-11-5-12-22-38)60-51(62-53)39-23-13-6-14-24-39)32-44(49)54-58-45(36-17-7-3-8-18-36)33-46(59-54)37-19-9-4-10-20-37/h3-33H,1-2H3. The molecule has 63 heavy (non-hydrogen) atoms. The summed E-state index contributed by atoms with van der Waals surface area (Å²) in [6, 6.07) is 63.9. The van der Waals surface area contributed by atoms with Gasteiger partial charge in [0.05, 0.1) is 28.1 Å². The molecule has 0 saturated carbocycles. The summed E-state index contributed by atoms with van der Waals surface area (Å²) < 4.78 is 2.30. The van der Waals surface area contributed by atoms with Crippen molar-refractivity contribution < 1.29 is 0 Å². The van der Waals surface area contributed by atoms with Gasteiger partial charge >= 0.3 is 0 Å². The van der Waals surface area contributed by atoms with Crippen molar-refractivity contribution in [2.45, 2.75) is 13.8 Å². The first kappa shape index (κ1) is 37.4. The van der Waals surface area contributed by atoms with E-state index in [0.717, 1.165) is 77.8 Å². The lowest BCUT2D eigenvalue weighted by atomic mass is 10.0. The number of benzene rings is 7. The fraction of sp³-hybridized carbons (Fsp3) is 0.0370. The summed E-state index contributed by atoms with van der Waals surface area (Å²) in [7, 11) is 0. The van der Waals surface area contributed by atoms with Gasteiger partial charge in [0, 0.05) is 49.7 Å². The average Bonchev–Trinajstić information content (AvgIpc) is 3.68. The Morgan fingerprint density at radius 2 is 0.746 bits per heavy atom. The van der Waals surface area contributed by atoms with Crippen molar-refractivity contribution in [3.63, 3.8) is 0 Å². The summed E-state index contributed by atoms with van der Waals surface area (Å²) >= 11 is 0. The van der Waals surface area contributed by atoms with E-state index in [0.29, 0.717) is 40.8 Å². The molecule has 7 aromatic carbocycles. The first-order valence-corrected chi connectivity index (χ1v) is 20.8. The van der Waals surface area contributed by atoms with E-state index < -0.39 is 0 Å². The normalized spacial score (nSPS) is 11.3. The van der Waals surface area contributed by atoms with Crippen molar-refractivity contribution >= 4 is 21.8 Å². The number of aromatic nitrogens is 9. The van der Waals surface area contributed by atoms with Gasteiger partial charge in [0.15, 0.2) is 29.1 Å². The molecule has 0 spiro atoms. The minimum Gasteiger partial charge on any atom is -0.309 e. The zero-order valence-electron chi connectivity index (χ0n) is 34.4. The molecule has 0 fully saturated rings. The van der Waals surface area contributed by atoms with E-state index in [1.54, 1.807) is 0 Å². The Hall–Kier alpha value is -8.56. The van der Waals surface area contributed by atoms with E-state index in [-0.39, 0.29) is 0 Å². The van der Waals surface area contributed by atoms with Crippen LogP contribution in [0.4, 0.5) is 0 Å². The van der Waals surface area contributed by atoms with E-state index in [1.807, 2.05) is 111 Å². The van der Waals surface area contributed by atoms with Crippen LogP contribution < -0.4 is 0 Å². The Morgan fingerprint density at radius 3 is 1.32 bits per heavy atom. The van der Waals surface area contributed by atoms with Gasteiger partial charge < -0.3 is 4.57 Å². The zero-order chi connectivity index (χ0) is 42.3. The molecule has 0 bridgehead atoms. The third-order valence-electron chi connectivity index (χ3n) is 11.1. The zero-order valence-corrected chi connectivity index (χ0v) is 34.4. The Kier molecular flexibility index (Phi) is 9.39. The van der Waals surface area contributed by atoms with Crippen LogP contribution in [0.5, 0.6) is 0 Å². The number of rotatable bonds is 8. The molecule has 0 aliphatic rings. The Balaban J connectivity index is 1.19. The number of aryl methyl sites for hydroxylation is 2. The van der Waals surface area contributed by atoms with Crippen LogP contribution >= 0.6 is 0 Å². The van der Waals surface area contributed by atoms with Crippen molar-refractivity contribution in [2.75, 3.05) is 0 Å². The molecule has 9 nitrogen and oxygen atoms in total. The van der Waals surface area contributed by atoms with E-state index in [1.165, 1.54) is 0 Å². The summed E-state index contributed by atoms with van der Waals surface area (Å²) in [5.41, 5.74) is 10.8. The van der Waals surface area contributed by atoms with Crippen LogP contribution in [-0.2, 0) is 0 Å². The highest BCUT2D eigenvalue weighted by atomic mass is 15.0. The van der Waals surface area contributed by atoms with Gasteiger partial charge in [0.2, 0.25) is 0 Å². The number of para-hydroxylation sites is 1. The maximum absolute atomic E-state index is 5.37. The summed E-state index contributed by atoms with van der Waals surface area (Å²) in [6.07, 6.45) is 0. The first-order valence-electron chi connectivity index (χ1n) is 20.8. The fourth-order valence-electron chi connectivity index (χ4n) is 8.18. The highest BCUT2D eigenvalue weighted by Gasteiger charge is 2.22. The quantitative estimate of drug-likeness (QED) is 0.149. The van der Waals surface area contributed by atoms with Gasteiger partial charge in [-0.05, 0) is 62.4 Å². The molecule has 11 rings (SSSR count). The summed E-state index contributed by atoms with van der Waals surface area (Å²) in [5, 5.41) is 2.16. The molecule has 0 aliphatic heterocycles. The molecule has 0 unspecified atom stereocenters. The molecular weight excluding hydrogens is 775 g/mol. The third kappa shape index (κ3) is 7.17. The van der Waals surface area contributed by atoms with Crippen molar-refractivity contribution in [2.24, 2.45) is 0 Å². The van der Waals surface area contributed by atoms with E-state index in [9.17, 15) is 0 Å². The van der Waals surface area contributed by atoms with Gasteiger partial charge in [-0.2, -0.15) is 0 Å². The second-order valence-corrected chi connectivity index (χ2v) is 15.3. The van der Waals surface area contributed by atoms with E-state index >= 15 is 0 Å². The van der Waals surface area contributed by atoms with Gasteiger partial charge in [-0.1, -0.05) is 140 Å². The van der Waals surface area contributed by atoms with Crippen LogP contribution in [0.2, 0.25) is 0 Å². The second-order valence-electron chi connectivity index (χ2n) is 15.3. The van der Waals surface area contributed by atoms with Crippen molar-refractivity contribution in [1.82, 2.24) is 44.4 Å². The Bertz CT molecular complexity index is 3330. The van der Waals surface area contributed by atoms with E-state index in [2.05, 4.69) is 101 Å². The molecule has 298 valence electrons. The van der Waals surface area contributed by atoms with Crippen molar-refractivity contribution in [3.8, 4) is 85.1 Å². The van der Waals surface area contributed by atoms with Crippen molar-refractivity contribution in [3.05, 3.63) is 200 Å². The summed E-state index contributed by atoms with van der Waals surface area (Å²) in [6.45, 7) is 3.79. The molecular formula is C54H37N9. The second kappa shape index (κ2) is 15.8. The van der Waals surface area contributed by atoms with Crippen LogP contribution in [0, 0.1) is 13.8 Å². The van der Waals surface area contributed by atoms with Crippen LogP contribution in [0.3, 0.4) is 0 Å². The molecule has 0 saturated heterocycles. The van der Waals surface area contributed by atoms with Crippen LogP contribution in [0.1, 0.15) is 11.6 Å². The minimum atomic E-state index is 0.535. The summed E-state index contributed by atoms with van der Waals surface area (Å²) in [4.78, 5) is 39.8. The molecule has 0 atom stereocenters. The molecule has 11 aromatic rings. The van der Waals surface area contributed by atoms with E-state index in [4.69, 9.17) is 34.9 Å². The third-order valence-corrected chi connectivity index (χ3v) is 11.1. The smallest absolute Gasteiger partial charge is 0.164 e. The molecule has 0 radical (unpaired) electrons. The van der Waals surface area contributed by atoms with Gasteiger partial charge in [0.25, 0.3) is 0 Å². The summed E-state index contributed by atoms with van der Waals surface area (Å²) in [5.74, 6) is 4.27. The monoisotopic (exact) mass is 811 g/mol. The fourth-order valence-corrected chi connectivity index (χ4v) is 8.18. The van der Waals surface area contributed by atoms with Crippen LogP contribution in [-0.4, -0.2) is 44.4 Å². The number of nitrogens with zero attached hydrogens (tertiary/aromatic N) is 9. The number of hydrogen-bond acceptors (Lipinski definition) is 8. The lowest BCUT2D eigenvalue weighted by Crippen LogP contribution is -2.04. The highest BCUT2D eigenvalue weighted by Crippen LogP contribution is 2.40. The molecule has 9 heteroatoms. The minimum absolute atomic E-state index is 0.535. The van der Waals surface area contributed by atoms with Gasteiger partial charge in [-0.15, -0.1) is 0 Å². The van der Waals surface area contributed by atoms with Crippen LogP contribution in [0.15, 0.2) is 188 Å². The van der Waals surface area contributed by atoms with Gasteiger partial charge in [-0.25, -0.2) is 39.9 Å². The predicted octanol–water partition coefficient (Wildman–Crippen LogP) is 12.2. The highest BCUT2D eigenvalue weighted by molar-refractivity contribution is 6.11. The number of fused-ring (bicyclic) bond motifs is 3. The largest absolute Gasteiger partial charge is 0.309 e. The lowest BCUT2D eigenvalue weighted by Gasteiger charge is -2.17. The first-order chi connectivity index (χ1) is 31.0. The predicted molar refractivity (Wildman–Crippen MR) is 251 cm³/mol. The molecule has 4 heterocycles. The molecule has 4 aromatic heterocycles. The van der Waals surface area contributed by atoms with Crippen LogP contribution in [0.25, 0.3) is 107 Å². The molecule has 0 aliphatic carbocycles. The lowest BCUT2D eigenvalue weighted by molar-refractivity contribution is 0.929. The SMILES string of the molecule is Cc1nc(C)nc(-c2ccc3c(c2)c2ccccc2n3-c2ccc(-c3nc(-c4ccccc4)nc(-c4ccccc4)n3)cc2-c2nc(-c3ccccc3)cc(-c3ccccc3)n2)n1. The average molecular weight is 812 g/mol. The maximum atomic E-state index is 5.37. The Morgan fingerprint density at radius 1 is 0.302 bits per heavy atom. The maximum Gasteiger partial charge on any atom is 0.164 e.